The third-order valence-electron chi connectivity index (χ3n) is 2.63. The lowest BCUT2D eigenvalue weighted by molar-refractivity contribution is -0.142. The molecule has 1 rings (SSSR count). The van der Waals surface area contributed by atoms with Gasteiger partial charge in [-0.15, -0.1) is 12.4 Å². The molecule has 0 spiro atoms. The highest BCUT2D eigenvalue weighted by Crippen LogP contribution is 2.27. The number of esters is 1. The van der Waals surface area contributed by atoms with Crippen molar-refractivity contribution >= 4 is 24.3 Å². The van der Waals surface area contributed by atoms with Gasteiger partial charge in [0.25, 0.3) is 0 Å². The Hall–Kier alpha value is -0.810. The molecule has 5 nitrogen and oxygen atoms in total. The number of carbonyl (C=O) groups is 2. The molecule has 0 aliphatic carbocycles. The van der Waals surface area contributed by atoms with Gasteiger partial charge in [-0.25, -0.2) is 0 Å². The van der Waals surface area contributed by atoms with Gasteiger partial charge >= 0.3 is 5.97 Å². The van der Waals surface area contributed by atoms with Crippen LogP contribution in [0.15, 0.2) is 0 Å². The van der Waals surface area contributed by atoms with Crippen molar-refractivity contribution < 1.29 is 14.3 Å². The van der Waals surface area contributed by atoms with Gasteiger partial charge in [-0.1, -0.05) is 0 Å². The lowest BCUT2D eigenvalue weighted by Gasteiger charge is -2.17. The van der Waals surface area contributed by atoms with Crippen molar-refractivity contribution in [1.29, 1.82) is 0 Å². The minimum atomic E-state index is -0.709. The summed E-state index contributed by atoms with van der Waals surface area (Å²) in [7, 11) is 1.29. The second-order valence-corrected chi connectivity index (χ2v) is 4.64. The smallest absolute Gasteiger partial charge is 0.322 e. The summed E-state index contributed by atoms with van der Waals surface area (Å²) in [5.74, 6) is -0.680. The van der Waals surface area contributed by atoms with E-state index in [-0.39, 0.29) is 29.8 Å². The SMILES string of the molecule is COC(=O)C(N)CC1CC(C)(C)NC1=O.Cl. The first-order valence-electron chi connectivity index (χ1n) is 5.01. The van der Waals surface area contributed by atoms with Crippen LogP contribution in [0.4, 0.5) is 0 Å². The van der Waals surface area contributed by atoms with Crippen LogP contribution in [0, 0.1) is 5.92 Å². The van der Waals surface area contributed by atoms with Gasteiger partial charge in [0.05, 0.1) is 7.11 Å². The number of ether oxygens (including phenoxy) is 1. The van der Waals surface area contributed by atoms with Crippen LogP contribution >= 0.6 is 12.4 Å². The van der Waals surface area contributed by atoms with E-state index in [2.05, 4.69) is 10.1 Å². The monoisotopic (exact) mass is 250 g/mol. The average molecular weight is 251 g/mol. The van der Waals surface area contributed by atoms with E-state index in [1.54, 1.807) is 0 Å². The van der Waals surface area contributed by atoms with Gasteiger partial charge in [0.2, 0.25) is 5.91 Å². The molecule has 1 aliphatic rings. The van der Waals surface area contributed by atoms with E-state index in [1.165, 1.54) is 7.11 Å². The lowest BCUT2D eigenvalue weighted by atomic mass is 9.92. The predicted molar refractivity (Wildman–Crippen MR) is 62.2 cm³/mol. The van der Waals surface area contributed by atoms with Gasteiger partial charge in [-0.3, -0.25) is 9.59 Å². The second-order valence-electron chi connectivity index (χ2n) is 4.64. The fourth-order valence-corrected chi connectivity index (χ4v) is 1.94. The fourth-order valence-electron chi connectivity index (χ4n) is 1.94. The third kappa shape index (κ3) is 3.64. The first kappa shape index (κ1) is 15.2. The molecular weight excluding hydrogens is 232 g/mol. The number of methoxy groups -OCH3 is 1. The third-order valence-corrected chi connectivity index (χ3v) is 2.63. The van der Waals surface area contributed by atoms with Crippen molar-refractivity contribution in [1.82, 2.24) is 5.32 Å². The molecule has 0 aromatic heterocycles. The highest BCUT2D eigenvalue weighted by molar-refractivity contribution is 5.85. The molecule has 0 aromatic rings. The van der Waals surface area contributed by atoms with E-state index in [0.29, 0.717) is 12.8 Å². The molecule has 1 amide bonds. The molecule has 0 aromatic carbocycles. The molecule has 2 unspecified atom stereocenters. The predicted octanol–water partition coefficient (Wildman–Crippen LogP) is 0.213. The zero-order valence-electron chi connectivity index (χ0n) is 9.78. The maximum absolute atomic E-state index is 11.5. The molecule has 0 saturated carbocycles. The summed E-state index contributed by atoms with van der Waals surface area (Å²) in [6.45, 7) is 3.91. The molecule has 6 heteroatoms. The zero-order chi connectivity index (χ0) is 11.6. The van der Waals surface area contributed by atoms with Crippen LogP contribution in [-0.2, 0) is 14.3 Å². The van der Waals surface area contributed by atoms with E-state index in [9.17, 15) is 9.59 Å². The van der Waals surface area contributed by atoms with Crippen LogP contribution in [0.3, 0.4) is 0 Å². The first-order chi connectivity index (χ1) is 6.85. The summed E-state index contributed by atoms with van der Waals surface area (Å²) in [6.07, 6.45) is 1.05. The Bertz CT molecular complexity index is 281. The molecule has 94 valence electrons. The minimum absolute atomic E-state index is 0. The summed E-state index contributed by atoms with van der Waals surface area (Å²) < 4.78 is 4.51. The van der Waals surface area contributed by atoms with Crippen LogP contribution in [0.1, 0.15) is 26.7 Å². The highest BCUT2D eigenvalue weighted by atomic mass is 35.5. The van der Waals surface area contributed by atoms with Crippen LogP contribution in [0.5, 0.6) is 0 Å². The molecule has 1 fully saturated rings. The van der Waals surface area contributed by atoms with Crippen LogP contribution in [-0.4, -0.2) is 30.6 Å². The number of hydrogen-bond acceptors (Lipinski definition) is 4. The van der Waals surface area contributed by atoms with E-state index in [0.717, 1.165) is 0 Å². The first-order valence-corrected chi connectivity index (χ1v) is 5.01. The standard InChI is InChI=1S/C10H18N2O3.ClH/c1-10(2)5-6(8(13)12-10)4-7(11)9(14)15-3;/h6-7H,4-5,11H2,1-3H3,(H,12,13);1H. The molecule has 1 saturated heterocycles. The number of hydrogen-bond donors (Lipinski definition) is 2. The van der Waals surface area contributed by atoms with Gasteiger partial charge in [0.15, 0.2) is 0 Å². The number of halogens is 1. The van der Waals surface area contributed by atoms with Crippen LogP contribution in [0.2, 0.25) is 0 Å². The van der Waals surface area contributed by atoms with Gasteiger partial charge in [-0.05, 0) is 26.7 Å². The van der Waals surface area contributed by atoms with Gasteiger partial charge in [0, 0.05) is 11.5 Å². The number of rotatable bonds is 3. The zero-order valence-corrected chi connectivity index (χ0v) is 10.6. The molecular formula is C10H19ClN2O3. The van der Waals surface area contributed by atoms with E-state index < -0.39 is 12.0 Å². The molecule has 0 radical (unpaired) electrons. The number of carbonyl (C=O) groups excluding carboxylic acids is 2. The summed E-state index contributed by atoms with van der Waals surface area (Å²) in [4.78, 5) is 22.6. The van der Waals surface area contributed by atoms with Crippen molar-refractivity contribution in [2.24, 2.45) is 11.7 Å². The van der Waals surface area contributed by atoms with E-state index in [1.807, 2.05) is 13.8 Å². The van der Waals surface area contributed by atoms with Crippen molar-refractivity contribution in [2.75, 3.05) is 7.11 Å². The molecule has 3 N–H and O–H groups in total. The summed E-state index contributed by atoms with van der Waals surface area (Å²) >= 11 is 0. The fraction of sp³-hybridized carbons (Fsp3) is 0.800. The summed E-state index contributed by atoms with van der Waals surface area (Å²) in [5, 5.41) is 2.86. The van der Waals surface area contributed by atoms with Crippen molar-refractivity contribution in [3.63, 3.8) is 0 Å². The van der Waals surface area contributed by atoms with E-state index >= 15 is 0 Å². The second kappa shape index (κ2) is 5.50. The Labute approximate surface area is 101 Å². The molecule has 1 aliphatic heterocycles. The molecule has 1 heterocycles. The Balaban J connectivity index is 0.00000225. The summed E-state index contributed by atoms with van der Waals surface area (Å²) in [6, 6.07) is -0.709. The van der Waals surface area contributed by atoms with Crippen molar-refractivity contribution in [3.05, 3.63) is 0 Å². The number of amides is 1. The maximum atomic E-state index is 11.5. The van der Waals surface area contributed by atoms with Gasteiger partial charge < -0.3 is 15.8 Å². The Morgan fingerprint density at radius 1 is 1.69 bits per heavy atom. The van der Waals surface area contributed by atoms with Gasteiger partial charge in [-0.2, -0.15) is 0 Å². The molecule has 2 atom stereocenters. The molecule has 0 bridgehead atoms. The quantitative estimate of drug-likeness (QED) is 0.702. The Kier molecular flexibility index (Phi) is 5.22. The topological polar surface area (TPSA) is 81.4 Å². The number of nitrogens with one attached hydrogen (secondary N) is 1. The number of nitrogens with two attached hydrogens (primary N) is 1. The highest BCUT2D eigenvalue weighted by Gasteiger charge is 2.38. The van der Waals surface area contributed by atoms with Crippen molar-refractivity contribution in [2.45, 2.75) is 38.3 Å². The maximum Gasteiger partial charge on any atom is 0.322 e. The summed E-state index contributed by atoms with van der Waals surface area (Å²) in [5.41, 5.74) is 5.41. The van der Waals surface area contributed by atoms with Crippen molar-refractivity contribution in [3.8, 4) is 0 Å². The molecule has 16 heavy (non-hydrogen) atoms. The Morgan fingerprint density at radius 3 is 2.62 bits per heavy atom. The largest absolute Gasteiger partial charge is 0.468 e. The normalized spacial score (nSPS) is 24.2. The van der Waals surface area contributed by atoms with Crippen LogP contribution in [0.25, 0.3) is 0 Å². The lowest BCUT2D eigenvalue weighted by Crippen LogP contribution is -2.36. The van der Waals surface area contributed by atoms with Crippen LogP contribution < -0.4 is 11.1 Å². The van der Waals surface area contributed by atoms with E-state index in [4.69, 9.17) is 5.73 Å². The Morgan fingerprint density at radius 2 is 2.25 bits per heavy atom. The minimum Gasteiger partial charge on any atom is -0.468 e. The average Bonchev–Trinajstić information content (AvgIpc) is 2.38. The van der Waals surface area contributed by atoms with Gasteiger partial charge in [0.1, 0.15) is 6.04 Å².